The monoisotopic (exact) mass is 291 g/mol. The van der Waals surface area contributed by atoms with E-state index in [0.29, 0.717) is 5.56 Å². The zero-order valence-electron chi connectivity index (χ0n) is 11.0. The lowest BCUT2D eigenvalue weighted by Crippen LogP contribution is -2.14. The molecule has 1 amide bonds. The quantitative estimate of drug-likeness (QED) is 0.698. The summed E-state index contributed by atoms with van der Waals surface area (Å²) in [6, 6.07) is 7.15. The fourth-order valence-corrected chi connectivity index (χ4v) is 1.86. The van der Waals surface area contributed by atoms with Crippen LogP contribution in [0, 0.1) is 11.6 Å². The molecule has 0 saturated heterocycles. The summed E-state index contributed by atoms with van der Waals surface area (Å²) in [6.45, 7) is 1.18. The minimum atomic E-state index is -0.824. The van der Waals surface area contributed by atoms with E-state index in [9.17, 15) is 18.4 Å². The number of amides is 1. The molecule has 0 aliphatic carbocycles. The standard InChI is InChI=1S/C15H11F2NO3/c1-8(19)21-14-5-2-9(6-12(14)15(18)20)11-4-3-10(16)7-13(11)17/h2-7H,1H3,(H2,18,20). The van der Waals surface area contributed by atoms with Crippen LogP contribution in [0.15, 0.2) is 36.4 Å². The highest BCUT2D eigenvalue weighted by atomic mass is 19.1. The van der Waals surface area contributed by atoms with Crippen LogP contribution in [0.5, 0.6) is 5.75 Å². The molecular weight excluding hydrogens is 280 g/mol. The Morgan fingerprint density at radius 3 is 2.38 bits per heavy atom. The molecule has 0 unspecified atom stereocenters. The van der Waals surface area contributed by atoms with Crippen molar-refractivity contribution in [2.75, 3.05) is 0 Å². The SMILES string of the molecule is CC(=O)Oc1ccc(-c2ccc(F)cc2F)cc1C(N)=O. The number of carbonyl (C=O) groups is 2. The molecule has 0 aliphatic heterocycles. The molecule has 0 radical (unpaired) electrons. The molecule has 0 aromatic heterocycles. The van der Waals surface area contributed by atoms with Gasteiger partial charge in [-0.05, 0) is 29.8 Å². The Bertz CT molecular complexity index is 729. The predicted molar refractivity (Wildman–Crippen MR) is 71.6 cm³/mol. The average Bonchev–Trinajstić information content (AvgIpc) is 2.38. The third kappa shape index (κ3) is 3.22. The molecule has 6 heteroatoms. The Hall–Kier alpha value is -2.76. The van der Waals surface area contributed by atoms with E-state index in [1.165, 1.54) is 31.2 Å². The van der Waals surface area contributed by atoms with Crippen LogP contribution in [-0.4, -0.2) is 11.9 Å². The summed E-state index contributed by atoms with van der Waals surface area (Å²) in [5.41, 5.74) is 5.57. The van der Waals surface area contributed by atoms with Gasteiger partial charge in [0, 0.05) is 18.6 Å². The van der Waals surface area contributed by atoms with Gasteiger partial charge in [-0.15, -0.1) is 0 Å². The minimum Gasteiger partial charge on any atom is -0.426 e. The number of hydrogen-bond acceptors (Lipinski definition) is 3. The molecule has 0 aliphatic rings. The van der Waals surface area contributed by atoms with Crippen LogP contribution in [0.4, 0.5) is 8.78 Å². The molecule has 0 spiro atoms. The number of halogens is 2. The summed E-state index contributed by atoms with van der Waals surface area (Å²) >= 11 is 0. The number of benzene rings is 2. The van der Waals surface area contributed by atoms with Crippen LogP contribution in [0.25, 0.3) is 11.1 Å². The summed E-state index contributed by atoms with van der Waals surface area (Å²) in [6.07, 6.45) is 0. The molecule has 0 bridgehead atoms. The summed E-state index contributed by atoms with van der Waals surface area (Å²) in [5.74, 6) is -2.93. The van der Waals surface area contributed by atoms with Crippen molar-refractivity contribution >= 4 is 11.9 Å². The van der Waals surface area contributed by atoms with E-state index in [2.05, 4.69) is 0 Å². The average molecular weight is 291 g/mol. The van der Waals surface area contributed by atoms with E-state index in [0.717, 1.165) is 12.1 Å². The number of primary amides is 1. The smallest absolute Gasteiger partial charge is 0.308 e. The minimum absolute atomic E-state index is 0.0127. The first-order valence-corrected chi connectivity index (χ1v) is 5.96. The van der Waals surface area contributed by atoms with Crippen LogP contribution in [0.2, 0.25) is 0 Å². The Labute approximate surface area is 119 Å². The van der Waals surface area contributed by atoms with Crippen molar-refractivity contribution in [3.05, 3.63) is 53.6 Å². The topological polar surface area (TPSA) is 69.4 Å². The van der Waals surface area contributed by atoms with Gasteiger partial charge < -0.3 is 10.5 Å². The maximum absolute atomic E-state index is 13.7. The second-order valence-corrected chi connectivity index (χ2v) is 4.29. The molecule has 2 N–H and O–H groups in total. The van der Waals surface area contributed by atoms with Gasteiger partial charge in [0.05, 0.1) is 5.56 Å². The maximum Gasteiger partial charge on any atom is 0.308 e. The van der Waals surface area contributed by atoms with E-state index >= 15 is 0 Å². The number of ether oxygens (including phenoxy) is 1. The zero-order valence-corrected chi connectivity index (χ0v) is 11.0. The lowest BCUT2D eigenvalue weighted by molar-refractivity contribution is -0.131. The van der Waals surface area contributed by atoms with E-state index < -0.39 is 23.5 Å². The molecule has 0 atom stereocenters. The van der Waals surface area contributed by atoms with Crippen LogP contribution in [0.1, 0.15) is 17.3 Å². The van der Waals surface area contributed by atoms with Crippen molar-refractivity contribution < 1.29 is 23.1 Å². The van der Waals surface area contributed by atoms with Crippen molar-refractivity contribution in [3.63, 3.8) is 0 Å². The van der Waals surface area contributed by atoms with Gasteiger partial charge in [-0.1, -0.05) is 6.07 Å². The largest absolute Gasteiger partial charge is 0.426 e. The molecule has 108 valence electrons. The van der Waals surface area contributed by atoms with Crippen LogP contribution in [0.3, 0.4) is 0 Å². The molecule has 2 rings (SSSR count). The number of esters is 1. The normalized spacial score (nSPS) is 10.2. The zero-order chi connectivity index (χ0) is 15.6. The first-order chi connectivity index (χ1) is 9.88. The van der Waals surface area contributed by atoms with E-state index in [1.54, 1.807) is 0 Å². The van der Waals surface area contributed by atoms with Gasteiger partial charge in [0.25, 0.3) is 5.91 Å². The Morgan fingerprint density at radius 2 is 1.81 bits per heavy atom. The molecule has 0 fully saturated rings. The van der Waals surface area contributed by atoms with E-state index in [-0.39, 0.29) is 16.9 Å². The second kappa shape index (κ2) is 5.70. The Balaban J connectivity index is 2.53. The third-order valence-electron chi connectivity index (χ3n) is 2.74. The molecule has 4 nitrogen and oxygen atoms in total. The summed E-state index contributed by atoms with van der Waals surface area (Å²) in [4.78, 5) is 22.4. The second-order valence-electron chi connectivity index (χ2n) is 4.29. The predicted octanol–water partition coefficient (Wildman–Crippen LogP) is 2.66. The van der Waals surface area contributed by atoms with Gasteiger partial charge in [0.1, 0.15) is 17.4 Å². The summed E-state index contributed by atoms with van der Waals surface area (Å²) in [7, 11) is 0. The van der Waals surface area contributed by atoms with Crippen molar-refractivity contribution in [3.8, 4) is 16.9 Å². The number of nitrogens with two attached hydrogens (primary N) is 1. The lowest BCUT2D eigenvalue weighted by Gasteiger charge is -2.09. The third-order valence-corrected chi connectivity index (χ3v) is 2.74. The molecule has 0 saturated carbocycles. The van der Waals surface area contributed by atoms with E-state index in [4.69, 9.17) is 10.5 Å². The molecule has 2 aromatic rings. The van der Waals surface area contributed by atoms with Gasteiger partial charge in [-0.3, -0.25) is 9.59 Å². The van der Waals surface area contributed by atoms with Crippen LogP contribution < -0.4 is 10.5 Å². The van der Waals surface area contributed by atoms with Crippen molar-refractivity contribution in [1.82, 2.24) is 0 Å². The van der Waals surface area contributed by atoms with Crippen molar-refractivity contribution in [2.24, 2.45) is 5.73 Å². The molecular formula is C15H11F2NO3. The number of carbonyl (C=O) groups excluding carboxylic acids is 2. The fourth-order valence-electron chi connectivity index (χ4n) is 1.86. The molecule has 21 heavy (non-hydrogen) atoms. The van der Waals surface area contributed by atoms with Crippen LogP contribution in [-0.2, 0) is 4.79 Å². The number of rotatable bonds is 3. The highest BCUT2D eigenvalue weighted by molar-refractivity contribution is 5.97. The van der Waals surface area contributed by atoms with Gasteiger partial charge in [0.2, 0.25) is 0 Å². The maximum atomic E-state index is 13.7. The first-order valence-electron chi connectivity index (χ1n) is 5.96. The van der Waals surface area contributed by atoms with Crippen LogP contribution >= 0.6 is 0 Å². The highest BCUT2D eigenvalue weighted by Crippen LogP contribution is 2.28. The Kier molecular flexibility index (Phi) is 3.98. The fraction of sp³-hybridized carbons (Fsp3) is 0.0667. The van der Waals surface area contributed by atoms with Gasteiger partial charge >= 0.3 is 5.97 Å². The summed E-state index contributed by atoms with van der Waals surface area (Å²) in [5, 5.41) is 0. The number of hydrogen-bond donors (Lipinski definition) is 1. The highest BCUT2D eigenvalue weighted by Gasteiger charge is 2.15. The molecule has 2 aromatic carbocycles. The van der Waals surface area contributed by atoms with E-state index in [1.807, 2.05) is 0 Å². The summed E-state index contributed by atoms with van der Waals surface area (Å²) < 4.78 is 31.5. The Morgan fingerprint density at radius 1 is 1.10 bits per heavy atom. The first kappa shape index (κ1) is 14.6. The van der Waals surface area contributed by atoms with Gasteiger partial charge in [-0.2, -0.15) is 0 Å². The van der Waals surface area contributed by atoms with Crippen molar-refractivity contribution in [1.29, 1.82) is 0 Å². The van der Waals surface area contributed by atoms with Gasteiger partial charge in [-0.25, -0.2) is 8.78 Å². The van der Waals surface area contributed by atoms with Crippen molar-refractivity contribution in [2.45, 2.75) is 6.92 Å². The molecule has 0 heterocycles. The van der Waals surface area contributed by atoms with Gasteiger partial charge in [0.15, 0.2) is 0 Å². The lowest BCUT2D eigenvalue weighted by atomic mass is 10.0.